The van der Waals surface area contributed by atoms with Crippen LogP contribution in [-0.4, -0.2) is 48.2 Å². The molecule has 2 fully saturated rings. The van der Waals surface area contributed by atoms with Gasteiger partial charge in [0.2, 0.25) is 0 Å². The van der Waals surface area contributed by atoms with Crippen molar-refractivity contribution in [1.82, 2.24) is 4.90 Å². The van der Waals surface area contributed by atoms with E-state index in [0.29, 0.717) is 52.2 Å². The molecule has 7 nitrogen and oxygen atoms in total. The molecule has 3 aromatic rings. The van der Waals surface area contributed by atoms with Crippen molar-refractivity contribution in [2.45, 2.75) is 24.5 Å². The average molecular weight is 548 g/mol. The predicted molar refractivity (Wildman–Crippen MR) is 145 cm³/mol. The van der Waals surface area contributed by atoms with E-state index in [4.69, 9.17) is 18.9 Å². The highest BCUT2D eigenvalue weighted by atomic mass is 33.1. The Labute approximate surface area is 228 Å². The van der Waals surface area contributed by atoms with Crippen molar-refractivity contribution in [3.05, 3.63) is 82.9 Å². The summed E-state index contributed by atoms with van der Waals surface area (Å²) in [5, 5.41) is 0. The first kappa shape index (κ1) is 23.8. The van der Waals surface area contributed by atoms with Gasteiger partial charge in [0, 0.05) is 52.9 Å². The monoisotopic (exact) mass is 547 g/mol. The highest BCUT2D eigenvalue weighted by molar-refractivity contribution is 8.76. The Kier molecular flexibility index (Phi) is 5.74. The number of amides is 1. The van der Waals surface area contributed by atoms with Gasteiger partial charge in [-0.15, -0.1) is 0 Å². The van der Waals surface area contributed by atoms with Gasteiger partial charge in [-0.3, -0.25) is 0 Å². The molecule has 0 saturated carbocycles. The predicted octanol–water partition coefficient (Wildman–Crippen LogP) is 6.24. The van der Waals surface area contributed by atoms with Gasteiger partial charge in [-0.05, 0) is 49.1 Å². The van der Waals surface area contributed by atoms with Crippen LogP contribution >= 0.6 is 21.6 Å². The fourth-order valence-electron chi connectivity index (χ4n) is 6.02. The first-order valence-electron chi connectivity index (χ1n) is 12.6. The number of hydrogen-bond acceptors (Lipinski definition) is 8. The molecular weight excluding hydrogens is 522 g/mol. The molecule has 194 valence electrons. The molecular formula is C29H25NO6S2. The lowest BCUT2D eigenvalue weighted by Crippen LogP contribution is -2.52. The number of rotatable bonds is 2. The Bertz CT molecular complexity index is 1460. The van der Waals surface area contributed by atoms with Gasteiger partial charge in [-0.1, -0.05) is 39.8 Å². The van der Waals surface area contributed by atoms with Gasteiger partial charge in [-0.25, -0.2) is 9.59 Å². The highest BCUT2D eigenvalue weighted by Gasteiger charge is 2.53. The van der Waals surface area contributed by atoms with Crippen LogP contribution in [-0.2, 0) is 10.3 Å². The van der Waals surface area contributed by atoms with Crippen molar-refractivity contribution in [1.29, 1.82) is 0 Å². The summed E-state index contributed by atoms with van der Waals surface area (Å²) in [6.07, 6.45) is 1.80. The number of piperidine rings is 1. The number of likely N-dealkylation sites (tertiary alicyclic amines) is 1. The maximum atomic E-state index is 13.3. The first-order chi connectivity index (χ1) is 18.6. The minimum Gasteiger partial charge on any atom is -0.497 e. The van der Waals surface area contributed by atoms with E-state index in [1.807, 2.05) is 62.9 Å². The highest BCUT2D eigenvalue weighted by Crippen LogP contribution is 2.57. The van der Waals surface area contributed by atoms with Crippen molar-refractivity contribution in [3.8, 4) is 23.0 Å². The fraction of sp³-hybridized carbons (Fsp3) is 0.310. The second-order valence-electron chi connectivity index (χ2n) is 9.84. The van der Waals surface area contributed by atoms with Crippen LogP contribution in [0.25, 0.3) is 0 Å². The van der Waals surface area contributed by atoms with E-state index in [2.05, 4.69) is 0 Å². The summed E-state index contributed by atoms with van der Waals surface area (Å²) < 4.78 is 23.8. The summed E-state index contributed by atoms with van der Waals surface area (Å²) in [5.74, 6) is 4.08. The molecule has 4 aliphatic rings. The minimum atomic E-state index is -1.18. The van der Waals surface area contributed by atoms with Gasteiger partial charge >= 0.3 is 12.1 Å². The molecule has 0 aliphatic carbocycles. The van der Waals surface area contributed by atoms with Crippen LogP contribution in [0.2, 0.25) is 0 Å². The van der Waals surface area contributed by atoms with E-state index in [-0.39, 0.29) is 12.1 Å². The molecule has 3 atom stereocenters. The Hall–Kier alpha value is -3.30. The van der Waals surface area contributed by atoms with Gasteiger partial charge in [0.25, 0.3) is 0 Å². The van der Waals surface area contributed by atoms with Crippen LogP contribution in [0, 0.1) is 5.92 Å². The van der Waals surface area contributed by atoms with E-state index in [0.717, 1.165) is 29.9 Å². The number of nitrogens with zero attached hydrogens (tertiary/aromatic N) is 1. The minimum absolute atomic E-state index is 0.202. The number of esters is 1. The number of ether oxygens (including phenoxy) is 4. The molecule has 4 heterocycles. The van der Waals surface area contributed by atoms with Gasteiger partial charge in [0.1, 0.15) is 23.0 Å². The Morgan fingerprint density at radius 3 is 2.53 bits per heavy atom. The van der Waals surface area contributed by atoms with Gasteiger partial charge in [0.15, 0.2) is 5.60 Å². The lowest BCUT2D eigenvalue weighted by atomic mass is 9.77. The summed E-state index contributed by atoms with van der Waals surface area (Å²) in [5.41, 5.74) is 1.47. The SMILES string of the molecule is COc1ccc2c(c1)Oc1cc(OC(=O)N3CCCC4CSSC[C@@H]43)ccc1C21OC(=O)c2ccccc21. The first-order valence-corrected chi connectivity index (χ1v) is 15.1. The van der Waals surface area contributed by atoms with Crippen molar-refractivity contribution in [2.24, 2.45) is 5.92 Å². The maximum absolute atomic E-state index is 13.3. The number of benzene rings is 3. The van der Waals surface area contributed by atoms with E-state index in [9.17, 15) is 9.59 Å². The third-order valence-corrected chi connectivity index (χ3v) is 10.4. The Morgan fingerprint density at radius 1 is 0.974 bits per heavy atom. The summed E-state index contributed by atoms with van der Waals surface area (Å²) in [7, 11) is 5.30. The fourth-order valence-corrected chi connectivity index (χ4v) is 8.89. The maximum Gasteiger partial charge on any atom is 0.415 e. The third kappa shape index (κ3) is 3.59. The molecule has 38 heavy (non-hydrogen) atoms. The van der Waals surface area contributed by atoms with Gasteiger partial charge < -0.3 is 23.8 Å². The van der Waals surface area contributed by atoms with Crippen LogP contribution in [0.4, 0.5) is 4.79 Å². The second-order valence-corrected chi connectivity index (χ2v) is 12.4. The molecule has 0 bridgehead atoms. The average Bonchev–Trinajstić information content (AvgIpc) is 3.25. The van der Waals surface area contributed by atoms with E-state index in [1.165, 1.54) is 0 Å². The molecule has 2 saturated heterocycles. The van der Waals surface area contributed by atoms with E-state index in [1.54, 1.807) is 31.4 Å². The molecule has 3 aromatic carbocycles. The third-order valence-electron chi connectivity index (χ3n) is 7.85. The Balaban J connectivity index is 1.28. The number of methoxy groups -OCH3 is 1. The zero-order valence-corrected chi connectivity index (χ0v) is 22.3. The zero-order chi connectivity index (χ0) is 25.9. The summed E-state index contributed by atoms with van der Waals surface area (Å²) in [4.78, 5) is 28.2. The summed E-state index contributed by atoms with van der Waals surface area (Å²) in [6.45, 7) is 0.704. The number of hydrogen-bond donors (Lipinski definition) is 0. The van der Waals surface area contributed by atoms with Crippen molar-refractivity contribution in [2.75, 3.05) is 25.2 Å². The molecule has 2 unspecified atom stereocenters. The van der Waals surface area contributed by atoms with Crippen molar-refractivity contribution in [3.63, 3.8) is 0 Å². The molecule has 0 N–H and O–H groups in total. The van der Waals surface area contributed by atoms with Crippen LogP contribution in [0.5, 0.6) is 23.0 Å². The van der Waals surface area contributed by atoms with Crippen LogP contribution in [0.1, 0.15) is 39.9 Å². The second kappa shape index (κ2) is 9.17. The smallest absolute Gasteiger partial charge is 0.415 e. The molecule has 7 rings (SSSR count). The lowest BCUT2D eigenvalue weighted by molar-refractivity contribution is 0.0224. The topological polar surface area (TPSA) is 74.3 Å². The van der Waals surface area contributed by atoms with Gasteiger partial charge in [-0.2, -0.15) is 0 Å². The molecule has 0 aromatic heterocycles. The van der Waals surface area contributed by atoms with Gasteiger partial charge in [0.05, 0.1) is 12.7 Å². The molecule has 1 amide bonds. The number of carbonyl (C=O) groups excluding carboxylic acids is 2. The van der Waals surface area contributed by atoms with E-state index < -0.39 is 11.6 Å². The zero-order valence-electron chi connectivity index (χ0n) is 20.7. The van der Waals surface area contributed by atoms with E-state index >= 15 is 0 Å². The van der Waals surface area contributed by atoms with Crippen LogP contribution in [0.15, 0.2) is 60.7 Å². The van der Waals surface area contributed by atoms with Crippen molar-refractivity contribution >= 4 is 33.7 Å². The lowest BCUT2D eigenvalue weighted by Gasteiger charge is -2.42. The quantitative estimate of drug-likeness (QED) is 0.276. The number of carbonyl (C=O) groups is 2. The van der Waals surface area contributed by atoms with Crippen molar-refractivity contribution < 1.29 is 28.5 Å². The number of fused-ring (bicyclic) bond motifs is 7. The molecule has 4 aliphatic heterocycles. The molecule has 9 heteroatoms. The summed E-state index contributed by atoms with van der Waals surface area (Å²) in [6, 6.07) is 18.4. The molecule has 0 radical (unpaired) electrons. The molecule has 1 spiro atoms. The largest absolute Gasteiger partial charge is 0.497 e. The normalized spacial score (nSPS) is 24.9. The van der Waals surface area contributed by atoms with Crippen LogP contribution < -0.4 is 14.2 Å². The van der Waals surface area contributed by atoms with Crippen LogP contribution in [0.3, 0.4) is 0 Å². The summed E-state index contributed by atoms with van der Waals surface area (Å²) >= 11 is 0. The standard InChI is InChI=1S/C29H25NO6S2/c1-33-18-8-10-22-25(13-18)35-26-14-19(34-28(32)30-12-4-5-17-15-37-38-16-24(17)30)9-11-23(26)29(22)21-7-3-2-6-20(21)27(31)36-29/h2-3,6-11,13-14,17,24H,4-5,12,15-16H2,1H3/t17?,24-,29?/m0/s1. The Morgan fingerprint density at radius 2 is 1.71 bits per heavy atom.